The van der Waals surface area contributed by atoms with Gasteiger partial charge in [-0.25, -0.2) is 5.01 Å². The summed E-state index contributed by atoms with van der Waals surface area (Å²) in [6.07, 6.45) is -0.283. The summed E-state index contributed by atoms with van der Waals surface area (Å²) in [5.41, 5.74) is 1.69. The summed E-state index contributed by atoms with van der Waals surface area (Å²) in [7, 11) is 0. The largest absolute Gasteiger partial charge is 0.481 e. The molecule has 0 radical (unpaired) electrons. The number of benzene rings is 1. The van der Waals surface area contributed by atoms with Crippen molar-refractivity contribution >= 4 is 17.8 Å². The highest BCUT2D eigenvalue weighted by Gasteiger charge is 2.67. The van der Waals surface area contributed by atoms with Gasteiger partial charge in [0.15, 0.2) is 0 Å². The van der Waals surface area contributed by atoms with Gasteiger partial charge in [-0.2, -0.15) is 0 Å². The second kappa shape index (κ2) is 4.61. The standard InChI is InChI=1S/C15H13N3O5/c19-9(20)5-6-17-14(21)10-11(15(17)22)13-8-4-2-1-3-7(8)12(10)18(13)16-23/h1-4,10-13H,5-6H2,(H,19,20)/t10-,11+,12-,13+. The number of carboxylic acids is 1. The third kappa shape index (κ3) is 1.63. The van der Waals surface area contributed by atoms with E-state index in [0.717, 1.165) is 16.0 Å². The average Bonchev–Trinajstić information content (AvgIpc) is 3.12. The van der Waals surface area contributed by atoms with E-state index >= 15 is 0 Å². The Hall–Kier alpha value is -2.77. The number of rotatable bonds is 4. The van der Waals surface area contributed by atoms with E-state index in [1.165, 1.54) is 5.01 Å². The first-order chi connectivity index (χ1) is 11.1. The van der Waals surface area contributed by atoms with Crippen LogP contribution >= 0.6 is 0 Å². The lowest BCUT2D eigenvalue weighted by Crippen LogP contribution is -2.36. The smallest absolute Gasteiger partial charge is 0.305 e. The van der Waals surface area contributed by atoms with Crippen LogP contribution in [0.3, 0.4) is 0 Å². The second-order valence-electron chi connectivity index (χ2n) is 6.00. The number of nitroso groups, excluding NO2 is 1. The molecule has 2 saturated heterocycles. The molecular formula is C15H13N3O5. The summed E-state index contributed by atoms with van der Waals surface area (Å²) >= 11 is 0. The van der Waals surface area contributed by atoms with Crippen molar-refractivity contribution in [1.29, 1.82) is 0 Å². The molecule has 3 heterocycles. The van der Waals surface area contributed by atoms with Crippen molar-refractivity contribution in [2.24, 2.45) is 17.1 Å². The van der Waals surface area contributed by atoms with Crippen molar-refractivity contribution < 1.29 is 19.5 Å². The molecule has 0 saturated carbocycles. The number of hydrogen-bond donors (Lipinski definition) is 1. The van der Waals surface area contributed by atoms with Gasteiger partial charge >= 0.3 is 5.97 Å². The number of carboxylic acid groups (broad SMARTS) is 1. The Morgan fingerprint density at radius 3 is 2.04 bits per heavy atom. The van der Waals surface area contributed by atoms with Crippen LogP contribution in [0.25, 0.3) is 0 Å². The van der Waals surface area contributed by atoms with Crippen molar-refractivity contribution in [3.8, 4) is 0 Å². The normalized spacial score (nSPS) is 30.6. The first-order valence-electron chi connectivity index (χ1n) is 7.33. The van der Waals surface area contributed by atoms with Gasteiger partial charge < -0.3 is 5.11 Å². The van der Waals surface area contributed by atoms with E-state index in [2.05, 4.69) is 5.29 Å². The van der Waals surface area contributed by atoms with Gasteiger partial charge in [0.2, 0.25) is 11.8 Å². The van der Waals surface area contributed by atoms with Gasteiger partial charge in [-0.3, -0.25) is 19.3 Å². The third-order valence-electron chi connectivity index (χ3n) is 5.02. The van der Waals surface area contributed by atoms with E-state index < -0.39 is 41.7 Å². The molecule has 0 spiro atoms. The zero-order chi connectivity index (χ0) is 16.3. The zero-order valence-electron chi connectivity index (χ0n) is 12.0. The van der Waals surface area contributed by atoms with Gasteiger partial charge in [0.25, 0.3) is 0 Å². The molecule has 3 aliphatic heterocycles. The highest BCUT2D eigenvalue weighted by atomic mass is 16.4. The Balaban J connectivity index is 1.74. The van der Waals surface area contributed by atoms with Gasteiger partial charge in [0.05, 0.1) is 35.6 Å². The van der Waals surface area contributed by atoms with E-state index in [4.69, 9.17) is 5.11 Å². The maximum absolute atomic E-state index is 12.6. The molecule has 1 aromatic rings. The zero-order valence-corrected chi connectivity index (χ0v) is 12.0. The van der Waals surface area contributed by atoms with Crippen molar-refractivity contribution in [2.75, 3.05) is 6.54 Å². The number of aliphatic carboxylic acids is 1. The van der Waals surface area contributed by atoms with Gasteiger partial charge in [-0.1, -0.05) is 24.3 Å². The number of hydrogen-bond acceptors (Lipinski definition) is 5. The molecule has 1 aromatic carbocycles. The van der Waals surface area contributed by atoms with Crippen molar-refractivity contribution in [2.45, 2.75) is 18.5 Å². The molecular weight excluding hydrogens is 302 g/mol. The number of amides is 2. The topological polar surface area (TPSA) is 107 Å². The van der Waals surface area contributed by atoms with Gasteiger partial charge in [0.1, 0.15) is 0 Å². The lowest BCUT2D eigenvalue weighted by atomic mass is 9.77. The Morgan fingerprint density at radius 1 is 1.09 bits per heavy atom. The quantitative estimate of drug-likeness (QED) is 0.652. The highest BCUT2D eigenvalue weighted by Crippen LogP contribution is 2.62. The van der Waals surface area contributed by atoms with E-state index in [1.807, 2.05) is 24.3 Å². The van der Waals surface area contributed by atoms with Crippen LogP contribution in [0.5, 0.6) is 0 Å². The molecule has 4 atom stereocenters. The summed E-state index contributed by atoms with van der Waals surface area (Å²) in [6, 6.07) is 6.25. The van der Waals surface area contributed by atoms with Crippen LogP contribution in [0.1, 0.15) is 29.6 Å². The molecule has 8 heteroatoms. The van der Waals surface area contributed by atoms with E-state index in [-0.39, 0.29) is 13.0 Å². The monoisotopic (exact) mass is 315 g/mol. The SMILES string of the molecule is O=NN1[C@@H]2c3ccccc3[C@H]1[C@H]1C(=O)N(CCC(=O)O)C(=O)[C@H]12. The number of carbonyl (C=O) groups excluding carboxylic acids is 2. The Morgan fingerprint density at radius 2 is 1.61 bits per heavy atom. The van der Waals surface area contributed by atoms with E-state index in [1.54, 1.807) is 0 Å². The molecule has 118 valence electrons. The summed E-state index contributed by atoms with van der Waals surface area (Å²) in [5, 5.41) is 13.1. The second-order valence-corrected chi connectivity index (χ2v) is 6.00. The maximum Gasteiger partial charge on any atom is 0.305 e. The van der Waals surface area contributed by atoms with Crippen LogP contribution in [-0.4, -0.2) is 39.3 Å². The molecule has 23 heavy (non-hydrogen) atoms. The molecule has 2 bridgehead atoms. The third-order valence-corrected chi connectivity index (χ3v) is 5.02. The van der Waals surface area contributed by atoms with Crippen LogP contribution in [0.2, 0.25) is 0 Å². The summed E-state index contributed by atoms with van der Waals surface area (Å²) in [5.74, 6) is -3.19. The fourth-order valence-corrected chi connectivity index (χ4v) is 4.19. The van der Waals surface area contributed by atoms with Crippen LogP contribution in [0.15, 0.2) is 29.6 Å². The number of likely N-dealkylation sites (tertiary alicyclic amines) is 1. The minimum Gasteiger partial charge on any atom is -0.481 e. The van der Waals surface area contributed by atoms with E-state index in [0.29, 0.717) is 0 Å². The van der Waals surface area contributed by atoms with Crippen molar-refractivity contribution in [3.63, 3.8) is 0 Å². The lowest BCUT2D eigenvalue weighted by Gasteiger charge is -2.21. The number of fused-ring (bicyclic) bond motifs is 8. The maximum atomic E-state index is 12.6. The van der Waals surface area contributed by atoms with Crippen molar-refractivity contribution in [3.05, 3.63) is 40.3 Å². The fourth-order valence-electron chi connectivity index (χ4n) is 4.19. The van der Waals surface area contributed by atoms with Crippen LogP contribution < -0.4 is 0 Å². The summed E-state index contributed by atoms with van der Waals surface area (Å²) < 4.78 is 0. The number of carbonyl (C=O) groups is 3. The molecule has 4 rings (SSSR count). The predicted octanol–water partition coefficient (Wildman–Crippen LogP) is 0.855. The highest BCUT2D eigenvalue weighted by molar-refractivity contribution is 6.07. The first kappa shape index (κ1) is 13.9. The number of nitrogens with zero attached hydrogens (tertiary/aromatic N) is 3. The molecule has 1 N–H and O–H groups in total. The Bertz CT molecular complexity index is 699. The van der Waals surface area contributed by atoms with Gasteiger partial charge in [-0.05, 0) is 11.1 Å². The molecule has 2 amide bonds. The minimum atomic E-state index is -1.06. The Labute approximate surface area is 130 Å². The predicted molar refractivity (Wildman–Crippen MR) is 75.5 cm³/mol. The minimum absolute atomic E-state index is 0.135. The first-order valence-corrected chi connectivity index (χ1v) is 7.33. The van der Waals surface area contributed by atoms with Crippen LogP contribution in [0, 0.1) is 16.7 Å². The summed E-state index contributed by atoms with van der Waals surface area (Å²) in [6.45, 7) is -0.135. The van der Waals surface area contributed by atoms with Crippen LogP contribution in [0.4, 0.5) is 0 Å². The molecule has 2 fully saturated rings. The van der Waals surface area contributed by atoms with Gasteiger partial charge in [0, 0.05) is 6.54 Å². The molecule has 0 unspecified atom stereocenters. The molecule has 8 nitrogen and oxygen atoms in total. The number of imide groups is 1. The Kier molecular flexibility index (Phi) is 2.78. The summed E-state index contributed by atoms with van der Waals surface area (Å²) in [4.78, 5) is 48.2. The lowest BCUT2D eigenvalue weighted by molar-refractivity contribution is -0.143. The van der Waals surface area contributed by atoms with Crippen molar-refractivity contribution in [1.82, 2.24) is 9.91 Å². The molecule has 3 aliphatic rings. The molecule has 0 aliphatic carbocycles. The van der Waals surface area contributed by atoms with E-state index in [9.17, 15) is 19.3 Å². The van der Waals surface area contributed by atoms with Crippen LogP contribution in [-0.2, 0) is 14.4 Å². The van der Waals surface area contributed by atoms with Gasteiger partial charge in [-0.15, -0.1) is 4.91 Å². The average molecular weight is 315 g/mol. The fraction of sp³-hybridized carbons (Fsp3) is 0.400. The molecule has 0 aromatic heterocycles.